The van der Waals surface area contributed by atoms with Crippen LogP contribution >= 0.6 is 0 Å². The number of nitrogens with one attached hydrogen (secondary N) is 1. The van der Waals surface area contributed by atoms with Crippen molar-refractivity contribution < 1.29 is 13.6 Å². The maximum absolute atomic E-state index is 13.0. The summed E-state index contributed by atoms with van der Waals surface area (Å²) in [5.74, 6) is -0.0451. The van der Waals surface area contributed by atoms with Gasteiger partial charge >= 0.3 is 0 Å². The van der Waals surface area contributed by atoms with E-state index < -0.39 is 0 Å². The first-order chi connectivity index (χ1) is 8.70. The molecule has 0 fully saturated rings. The molecule has 94 valence electrons. The number of hydrogen-bond donors (Lipinski definition) is 2. The molecule has 0 bridgehead atoms. The number of amides is 1. The van der Waals surface area contributed by atoms with Crippen molar-refractivity contribution in [1.29, 1.82) is 0 Å². The van der Waals surface area contributed by atoms with E-state index in [1.807, 2.05) is 0 Å². The Morgan fingerprint density at radius 1 is 1.33 bits per heavy atom. The largest absolute Gasteiger partial charge is 0.451 e. The first kappa shape index (κ1) is 12.3. The van der Waals surface area contributed by atoms with E-state index in [2.05, 4.69) is 5.32 Å². The van der Waals surface area contributed by atoms with Crippen molar-refractivity contribution in [3.63, 3.8) is 0 Å². The average molecular weight is 248 g/mol. The van der Waals surface area contributed by atoms with E-state index in [1.54, 1.807) is 24.3 Å². The van der Waals surface area contributed by atoms with Gasteiger partial charge in [-0.05, 0) is 24.3 Å². The normalized spacial score (nSPS) is 10.3. The molecule has 1 aromatic heterocycles. The van der Waals surface area contributed by atoms with Gasteiger partial charge in [-0.15, -0.1) is 0 Å². The van der Waals surface area contributed by atoms with E-state index in [4.69, 9.17) is 10.2 Å². The van der Waals surface area contributed by atoms with Gasteiger partial charge in [-0.1, -0.05) is 12.1 Å². The monoisotopic (exact) mass is 248 g/mol. The second kappa shape index (κ2) is 5.46. The van der Waals surface area contributed by atoms with Gasteiger partial charge in [0.05, 0.1) is 0 Å². The summed E-state index contributed by atoms with van der Waals surface area (Å²) in [6.45, 7) is 0.748. The summed E-state index contributed by atoms with van der Waals surface area (Å²) in [6, 6.07) is 9.17. The Balaban J connectivity index is 2.17. The molecular weight excluding hydrogens is 235 g/mol. The van der Waals surface area contributed by atoms with Gasteiger partial charge in [0.25, 0.3) is 5.91 Å². The van der Waals surface area contributed by atoms with Crippen LogP contribution < -0.4 is 11.1 Å². The molecule has 0 saturated carbocycles. The Hall–Kier alpha value is -2.14. The van der Waals surface area contributed by atoms with Crippen LogP contribution in [-0.2, 0) is 0 Å². The number of carbonyl (C=O) groups is 1. The van der Waals surface area contributed by atoms with Crippen LogP contribution in [0, 0.1) is 5.82 Å². The predicted molar refractivity (Wildman–Crippen MR) is 65.5 cm³/mol. The Kier molecular flexibility index (Phi) is 3.74. The highest BCUT2D eigenvalue weighted by atomic mass is 19.1. The Bertz CT molecular complexity index is 551. The number of rotatable bonds is 4. The van der Waals surface area contributed by atoms with Crippen LogP contribution in [0.5, 0.6) is 0 Å². The van der Waals surface area contributed by atoms with Gasteiger partial charge in [-0.2, -0.15) is 0 Å². The highest BCUT2D eigenvalue weighted by molar-refractivity contribution is 5.92. The number of halogens is 1. The predicted octanol–water partition coefficient (Wildman–Crippen LogP) is 1.77. The molecule has 5 heteroatoms. The van der Waals surface area contributed by atoms with Gasteiger partial charge < -0.3 is 15.5 Å². The van der Waals surface area contributed by atoms with Gasteiger partial charge in [0.2, 0.25) is 0 Å². The first-order valence-electron chi connectivity index (χ1n) is 5.55. The molecule has 2 aromatic rings. The fourth-order valence-electron chi connectivity index (χ4n) is 1.53. The van der Waals surface area contributed by atoms with Crippen molar-refractivity contribution in [3.8, 4) is 11.3 Å². The quantitative estimate of drug-likeness (QED) is 0.866. The maximum Gasteiger partial charge on any atom is 0.287 e. The zero-order chi connectivity index (χ0) is 13.0. The van der Waals surface area contributed by atoms with Crippen LogP contribution in [0.4, 0.5) is 4.39 Å². The van der Waals surface area contributed by atoms with E-state index in [9.17, 15) is 9.18 Å². The molecule has 4 nitrogen and oxygen atoms in total. The smallest absolute Gasteiger partial charge is 0.287 e. The molecule has 0 unspecified atom stereocenters. The van der Waals surface area contributed by atoms with E-state index in [0.717, 1.165) is 0 Å². The SMILES string of the molecule is NCCNC(=O)c1ccc(-c2cccc(F)c2)o1. The molecule has 18 heavy (non-hydrogen) atoms. The minimum absolute atomic E-state index is 0.183. The van der Waals surface area contributed by atoms with Crippen molar-refractivity contribution >= 4 is 5.91 Å². The lowest BCUT2D eigenvalue weighted by atomic mass is 10.2. The second-order valence-electron chi connectivity index (χ2n) is 3.72. The first-order valence-corrected chi connectivity index (χ1v) is 5.55. The zero-order valence-electron chi connectivity index (χ0n) is 9.65. The molecule has 0 aliphatic carbocycles. The number of nitrogens with two attached hydrogens (primary N) is 1. The van der Waals surface area contributed by atoms with Crippen molar-refractivity contribution in [2.45, 2.75) is 0 Å². The molecule has 0 atom stereocenters. The minimum atomic E-state index is -0.349. The molecule has 1 aromatic carbocycles. The van der Waals surface area contributed by atoms with Crippen molar-refractivity contribution in [2.75, 3.05) is 13.1 Å². The van der Waals surface area contributed by atoms with E-state index in [1.165, 1.54) is 12.1 Å². The molecule has 0 radical (unpaired) electrons. The summed E-state index contributed by atoms with van der Waals surface area (Å²) < 4.78 is 18.4. The average Bonchev–Trinajstić information content (AvgIpc) is 2.85. The second-order valence-corrected chi connectivity index (χ2v) is 3.72. The van der Waals surface area contributed by atoms with Crippen LogP contribution in [0.3, 0.4) is 0 Å². The van der Waals surface area contributed by atoms with Crippen LogP contribution in [0.2, 0.25) is 0 Å². The summed E-state index contributed by atoms with van der Waals surface area (Å²) in [5, 5.41) is 2.59. The standard InChI is InChI=1S/C13H13FN2O2/c14-10-3-1-2-9(8-10)11-4-5-12(18-11)13(17)16-7-6-15/h1-5,8H,6-7,15H2,(H,16,17). The van der Waals surface area contributed by atoms with Crippen LogP contribution in [0.15, 0.2) is 40.8 Å². The molecular formula is C13H13FN2O2. The molecule has 0 aliphatic heterocycles. The Morgan fingerprint density at radius 2 is 2.17 bits per heavy atom. The van der Waals surface area contributed by atoms with Gasteiger partial charge in [0.15, 0.2) is 5.76 Å². The summed E-state index contributed by atoms with van der Waals surface area (Å²) in [4.78, 5) is 11.6. The highest BCUT2D eigenvalue weighted by Gasteiger charge is 2.11. The number of furan rings is 1. The topological polar surface area (TPSA) is 68.3 Å². The third-order valence-electron chi connectivity index (χ3n) is 2.37. The van der Waals surface area contributed by atoms with E-state index >= 15 is 0 Å². The van der Waals surface area contributed by atoms with Gasteiger partial charge in [0, 0.05) is 18.7 Å². The van der Waals surface area contributed by atoms with Crippen molar-refractivity contribution in [2.24, 2.45) is 5.73 Å². The van der Waals surface area contributed by atoms with Crippen LogP contribution in [0.1, 0.15) is 10.6 Å². The minimum Gasteiger partial charge on any atom is -0.451 e. The van der Waals surface area contributed by atoms with Crippen molar-refractivity contribution in [1.82, 2.24) is 5.32 Å². The van der Waals surface area contributed by atoms with Crippen LogP contribution in [0.25, 0.3) is 11.3 Å². The summed E-state index contributed by atoms with van der Waals surface area (Å²) >= 11 is 0. The third-order valence-corrected chi connectivity index (χ3v) is 2.37. The molecule has 1 heterocycles. The van der Waals surface area contributed by atoms with Gasteiger partial charge in [0.1, 0.15) is 11.6 Å². The summed E-state index contributed by atoms with van der Waals surface area (Å²) in [6.07, 6.45) is 0. The molecule has 1 amide bonds. The molecule has 2 rings (SSSR count). The number of carbonyl (C=O) groups excluding carboxylic acids is 1. The molecule has 0 spiro atoms. The van der Waals surface area contributed by atoms with Gasteiger partial charge in [-0.3, -0.25) is 4.79 Å². The van der Waals surface area contributed by atoms with Gasteiger partial charge in [-0.25, -0.2) is 4.39 Å². The summed E-state index contributed by atoms with van der Waals surface area (Å²) in [7, 11) is 0. The van der Waals surface area contributed by atoms with Crippen LogP contribution in [-0.4, -0.2) is 19.0 Å². The Labute approximate surface area is 104 Å². The molecule has 0 aliphatic rings. The van der Waals surface area contributed by atoms with E-state index in [-0.39, 0.29) is 17.5 Å². The molecule has 3 N–H and O–H groups in total. The maximum atomic E-state index is 13.0. The Morgan fingerprint density at radius 3 is 2.89 bits per heavy atom. The summed E-state index contributed by atoms with van der Waals surface area (Å²) in [5.41, 5.74) is 5.87. The van der Waals surface area contributed by atoms with Crippen molar-refractivity contribution in [3.05, 3.63) is 48.0 Å². The lowest BCUT2D eigenvalue weighted by Gasteiger charge is -2.00. The fraction of sp³-hybridized carbons (Fsp3) is 0.154. The molecule has 0 saturated heterocycles. The number of benzene rings is 1. The number of hydrogen-bond acceptors (Lipinski definition) is 3. The zero-order valence-corrected chi connectivity index (χ0v) is 9.65. The lowest BCUT2D eigenvalue weighted by Crippen LogP contribution is -2.28. The lowest BCUT2D eigenvalue weighted by molar-refractivity contribution is 0.0928. The fourth-order valence-corrected chi connectivity index (χ4v) is 1.53. The van der Waals surface area contributed by atoms with E-state index in [0.29, 0.717) is 24.4 Å². The highest BCUT2D eigenvalue weighted by Crippen LogP contribution is 2.22. The third kappa shape index (κ3) is 2.75.